The third kappa shape index (κ3) is 3.37. The van der Waals surface area contributed by atoms with Gasteiger partial charge in [0.15, 0.2) is 0 Å². The quantitative estimate of drug-likeness (QED) is 0.915. The first-order chi connectivity index (χ1) is 9.62. The average molecular weight is 289 g/mol. The number of fused-ring (bicyclic) bond motifs is 1. The Balaban J connectivity index is 1.59. The molecule has 2 aromatic rings. The van der Waals surface area contributed by atoms with Crippen LogP contribution in [-0.4, -0.2) is 35.1 Å². The average Bonchev–Trinajstić information content (AvgIpc) is 3.06. The van der Waals surface area contributed by atoms with Crippen molar-refractivity contribution in [1.29, 1.82) is 0 Å². The topological polar surface area (TPSA) is 28.2 Å². The van der Waals surface area contributed by atoms with Gasteiger partial charge in [-0.3, -0.25) is 4.98 Å². The SMILES string of the molecule is CC(C)(CN1CCCC1)NCc1cnc2ccsc2c1. The second-order valence-corrected chi connectivity index (χ2v) is 7.32. The molecule has 1 saturated heterocycles. The standard InChI is InChI=1S/C16H23N3S/c1-16(2,12-19-6-3-4-7-19)18-11-13-9-15-14(17-10-13)5-8-20-15/h5,8-10,18H,3-4,6-7,11-12H2,1-2H3. The van der Waals surface area contributed by atoms with Crippen molar-refractivity contribution < 1.29 is 0 Å². The van der Waals surface area contributed by atoms with E-state index in [4.69, 9.17) is 0 Å². The van der Waals surface area contributed by atoms with E-state index >= 15 is 0 Å². The molecule has 0 saturated carbocycles. The molecule has 0 atom stereocenters. The van der Waals surface area contributed by atoms with Crippen molar-refractivity contribution in [2.24, 2.45) is 0 Å². The number of hydrogen-bond acceptors (Lipinski definition) is 4. The van der Waals surface area contributed by atoms with Gasteiger partial charge < -0.3 is 10.2 Å². The Bertz CT molecular complexity index is 570. The van der Waals surface area contributed by atoms with Crippen molar-refractivity contribution in [3.05, 3.63) is 29.3 Å². The number of hydrogen-bond donors (Lipinski definition) is 1. The predicted molar refractivity (Wildman–Crippen MR) is 86.2 cm³/mol. The minimum atomic E-state index is 0.148. The highest BCUT2D eigenvalue weighted by Gasteiger charge is 2.23. The summed E-state index contributed by atoms with van der Waals surface area (Å²) in [6.07, 6.45) is 4.71. The van der Waals surface area contributed by atoms with Crippen molar-refractivity contribution in [3.63, 3.8) is 0 Å². The Hall–Kier alpha value is -0.970. The van der Waals surface area contributed by atoms with Crippen LogP contribution in [0, 0.1) is 0 Å². The first kappa shape index (κ1) is 14.0. The monoisotopic (exact) mass is 289 g/mol. The van der Waals surface area contributed by atoms with Gasteiger partial charge in [-0.15, -0.1) is 11.3 Å². The molecule has 3 nitrogen and oxygen atoms in total. The van der Waals surface area contributed by atoms with Crippen LogP contribution >= 0.6 is 11.3 Å². The smallest absolute Gasteiger partial charge is 0.0809 e. The zero-order valence-corrected chi connectivity index (χ0v) is 13.2. The van der Waals surface area contributed by atoms with Crippen LogP contribution < -0.4 is 5.32 Å². The van der Waals surface area contributed by atoms with Gasteiger partial charge in [-0.05, 0) is 62.9 Å². The van der Waals surface area contributed by atoms with E-state index in [9.17, 15) is 0 Å². The number of rotatable bonds is 5. The molecule has 4 heteroatoms. The van der Waals surface area contributed by atoms with E-state index in [0.717, 1.165) is 18.6 Å². The van der Waals surface area contributed by atoms with Crippen LogP contribution in [0.1, 0.15) is 32.3 Å². The fourth-order valence-corrected chi connectivity index (χ4v) is 3.69. The van der Waals surface area contributed by atoms with E-state index in [1.807, 2.05) is 6.20 Å². The zero-order valence-electron chi connectivity index (χ0n) is 12.4. The van der Waals surface area contributed by atoms with Gasteiger partial charge in [0.1, 0.15) is 0 Å². The van der Waals surface area contributed by atoms with Gasteiger partial charge in [0.05, 0.1) is 10.2 Å². The van der Waals surface area contributed by atoms with Gasteiger partial charge in [0.2, 0.25) is 0 Å². The molecule has 2 aromatic heterocycles. The van der Waals surface area contributed by atoms with E-state index in [0.29, 0.717) is 0 Å². The number of nitrogens with one attached hydrogen (secondary N) is 1. The largest absolute Gasteiger partial charge is 0.306 e. The second kappa shape index (κ2) is 5.80. The van der Waals surface area contributed by atoms with E-state index in [-0.39, 0.29) is 5.54 Å². The molecule has 0 aliphatic carbocycles. The molecule has 1 fully saturated rings. The molecule has 1 aliphatic rings. The predicted octanol–water partition coefficient (Wildman–Crippen LogP) is 3.26. The lowest BCUT2D eigenvalue weighted by Gasteiger charge is -2.31. The molecule has 20 heavy (non-hydrogen) atoms. The van der Waals surface area contributed by atoms with Crippen LogP contribution in [0.15, 0.2) is 23.7 Å². The van der Waals surface area contributed by atoms with Crippen molar-refractivity contribution >= 4 is 21.6 Å². The highest BCUT2D eigenvalue weighted by Crippen LogP contribution is 2.20. The maximum absolute atomic E-state index is 4.51. The summed E-state index contributed by atoms with van der Waals surface area (Å²) in [5.41, 5.74) is 2.53. The summed E-state index contributed by atoms with van der Waals surface area (Å²) in [4.78, 5) is 7.07. The Morgan fingerprint density at radius 1 is 1.35 bits per heavy atom. The summed E-state index contributed by atoms with van der Waals surface area (Å²) in [6, 6.07) is 4.33. The Morgan fingerprint density at radius 3 is 2.95 bits per heavy atom. The lowest BCUT2D eigenvalue weighted by molar-refractivity contribution is 0.234. The maximum atomic E-state index is 4.51. The number of nitrogens with zero attached hydrogens (tertiary/aromatic N) is 2. The van der Waals surface area contributed by atoms with Crippen LogP contribution in [-0.2, 0) is 6.54 Å². The summed E-state index contributed by atoms with van der Waals surface area (Å²) >= 11 is 1.76. The van der Waals surface area contributed by atoms with Gasteiger partial charge in [-0.2, -0.15) is 0 Å². The minimum Gasteiger partial charge on any atom is -0.306 e. The summed E-state index contributed by atoms with van der Waals surface area (Å²) in [7, 11) is 0. The number of thiophene rings is 1. The van der Waals surface area contributed by atoms with Crippen molar-refractivity contribution in [2.75, 3.05) is 19.6 Å². The van der Waals surface area contributed by atoms with Gasteiger partial charge in [0.25, 0.3) is 0 Å². The number of aromatic nitrogens is 1. The lowest BCUT2D eigenvalue weighted by atomic mass is 10.0. The van der Waals surface area contributed by atoms with E-state index in [2.05, 4.69) is 46.6 Å². The Morgan fingerprint density at radius 2 is 2.15 bits per heavy atom. The fourth-order valence-electron chi connectivity index (χ4n) is 2.88. The molecule has 1 N–H and O–H groups in total. The number of pyridine rings is 1. The fraction of sp³-hybridized carbons (Fsp3) is 0.562. The molecule has 0 aromatic carbocycles. The van der Waals surface area contributed by atoms with Gasteiger partial charge in [-0.25, -0.2) is 0 Å². The van der Waals surface area contributed by atoms with Crippen LogP contribution in [0.2, 0.25) is 0 Å². The van der Waals surface area contributed by atoms with Gasteiger partial charge >= 0.3 is 0 Å². The first-order valence-corrected chi connectivity index (χ1v) is 8.30. The molecule has 0 bridgehead atoms. The molecule has 3 rings (SSSR count). The molecular weight excluding hydrogens is 266 g/mol. The van der Waals surface area contributed by atoms with E-state index < -0.39 is 0 Å². The Kier molecular flexibility index (Phi) is 4.06. The second-order valence-electron chi connectivity index (χ2n) is 6.37. The highest BCUT2D eigenvalue weighted by atomic mass is 32.1. The molecule has 0 unspecified atom stereocenters. The maximum Gasteiger partial charge on any atom is 0.0809 e. The summed E-state index contributed by atoms with van der Waals surface area (Å²) in [5.74, 6) is 0. The molecule has 0 spiro atoms. The van der Waals surface area contributed by atoms with Crippen LogP contribution in [0.4, 0.5) is 0 Å². The molecule has 108 valence electrons. The molecular formula is C16H23N3S. The third-order valence-corrected chi connectivity index (χ3v) is 4.80. The van der Waals surface area contributed by atoms with Crippen LogP contribution in [0.25, 0.3) is 10.2 Å². The van der Waals surface area contributed by atoms with E-state index in [1.165, 1.54) is 36.2 Å². The summed E-state index contributed by atoms with van der Waals surface area (Å²) in [5, 5.41) is 5.79. The zero-order chi connectivity index (χ0) is 14.0. The van der Waals surface area contributed by atoms with Crippen molar-refractivity contribution in [1.82, 2.24) is 15.2 Å². The van der Waals surface area contributed by atoms with Gasteiger partial charge in [-0.1, -0.05) is 0 Å². The molecule has 3 heterocycles. The minimum absolute atomic E-state index is 0.148. The van der Waals surface area contributed by atoms with E-state index in [1.54, 1.807) is 11.3 Å². The molecule has 1 aliphatic heterocycles. The first-order valence-electron chi connectivity index (χ1n) is 7.42. The van der Waals surface area contributed by atoms with Crippen LogP contribution in [0.5, 0.6) is 0 Å². The third-order valence-electron chi connectivity index (χ3n) is 3.95. The summed E-state index contributed by atoms with van der Waals surface area (Å²) in [6.45, 7) is 9.12. The van der Waals surface area contributed by atoms with Crippen molar-refractivity contribution in [2.45, 2.75) is 38.8 Å². The highest BCUT2D eigenvalue weighted by molar-refractivity contribution is 7.17. The van der Waals surface area contributed by atoms with Gasteiger partial charge in [0, 0.05) is 24.8 Å². The molecule has 0 radical (unpaired) electrons. The Labute approximate surface area is 125 Å². The van der Waals surface area contributed by atoms with Crippen LogP contribution in [0.3, 0.4) is 0 Å². The number of likely N-dealkylation sites (tertiary alicyclic amines) is 1. The molecule has 0 amide bonds. The summed E-state index contributed by atoms with van der Waals surface area (Å²) < 4.78 is 1.28. The van der Waals surface area contributed by atoms with Crippen molar-refractivity contribution in [3.8, 4) is 0 Å². The lowest BCUT2D eigenvalue weighted by Crippen LogP contribution is -2.48. The normalized spacial score (nSPS) is 17.1.